The normalized spacial score (nSPS) is 17.2. The summed E-state index contributed by atoms with van der Waals surface area (Å²) in [4.78, 5) is 52.0. The predicted molar refractivity (Wildman–Crippen MR) is 126 cm³/mol. The molecule has 11 heteroatoms. The Morgan fingerprint density at radius 1 is 1.03 bits per heavy atom. The third-order valence-electron chi connectivity index (χ3n) is 5.52. The maximum Gasteiger partial charge on any atom is 0.325 e. The van der Waals surface area contributed by atoms with Crippen LogP contribution in [-0.4, -0.2) is 42.3 Å². The molecule has 0 aliphatic carbocycles. The third-order valence-corrected chi connectivity index (χ3v) is 6.65. The molecule has 0 saturated carbocycles. The second-order valence-corrected chi connectivity index (χ2v) is 8.93. The molecule has 1 aliphatic rings. The number of carbonyl (C=O) groups is 4. The molecule has 35 heavy (non-hydrogen) atoms. The molecule has 0 radical (unpaired) electrons. The lowest BCUT2D eigenvalue weighted by Crippen LogP contribution is -2.48. The summed E-state index contributed by atoms with van der Waals surface area (Å²) in [6.07, 6.45) is 0. The van der Waals surface area contributed by atoms with Crippen LogP contribution in [0.3, 0.4) is 0 Å². The van der Waals surface area contributed by atoms with Crippen molar-refractivity contribution in [1.29, 1.82) is 0 Å². The van der Waals surface area contributed by atoms with Gasteiger partial charge in [0.2, 0.25) is 0 Å². The van der Waals surface area contributed by atoms with Crippen molar-refractivity contribution in [1.82, 2.24) is 21.1 Å². The molecule has 1 aromatic heterocycles. The topological polar surface area (TPSA) is 117 Å². The average molecular weight is 497 g/mol. The van der Waals surface area contributed by atoms with Gasteiger partial charge in [-0.2, -0.15) is 0 Å². The number of ether oxygens (including phenoxy) is 1. The lowest BCUT2D eigenvalue weighted by molar-refractivity contribution is -0.135. The number of imide groups is 1. The third kappa shape index (κ3) is 4.85. The fourth-order valence-corrected chi connectivity index (χ4v) is 4.47. The number of thiophene rings is 1. The lowest BCUT2D eigenvalue weighted by atomic mass is 9.92. The minimum Gasteiger partial charge on any atom is -0.497 e. The van der Waals surface area contributed by atoms with Crippen LogP contribution in [0.1, 0.15) is 22.2 Å². The van der Waals surface area contributed by atoms with Crippen LogP contribution >= 0.6 is 11.3 Å². The minimum atomic E-state index is -1.35. The van der Waals surface area contributed by atoms with E-state index in [1.807, 2.05) is 0 Å². The summed E-state index contributed by atoms with van der Waals surface area (Å²) < 4.78 is 18.2. The van der Waals surface area contributed by atoms with Gasteiger partial charge in [-0.05, 0) is 54.4 Å². The van der Waals surface area contributed by atoms with Crippen LogP contribution in [0.5, 0.6) is 5.75 Å². The molecule has 3 aromatic rings. The number of hydrogen-bond donors (Lipinski definition) is 3. The Labute approximate surface area is 203 Å². The van der Waals surface area contributed by atoms with Crippen molar-refractivity contribution in [2.75, 3.05) is 13.7 Å². The second kappa shape index (κ2) is 9.55. The van der Waals surface area contributed by atoms with Crippen LogP contribution in [0.15, 0.2) is 60.7 Å². The van der Waals surface area contributed by atoms with Crippen LogP contribution in [0.4, 0.5) is 9.18 Å². The molecule has 1 aliphatic heterocycles. The maximum absolute atomic E-state index is 13.1. The fourth-order valence-electron chi connectivity index (χ4n) is 3.56. The number of halogens is 1. The molecule has 0 spiro atoms. The van der Waals surface area contributed by atoms with Gasteiger partial charge in [0.05, 0.1) is 12.0 Å². The van der Waals surface area contributed by atoms with E-state index in [1.165, 1.54) is 19.2 Å². The Bertz CT molecular complexity index is 1290. The molecule has 2 aromatic carbocycles. The first-order chi connectivity index (χ1) is 16.7. The highest BCUT2D eigenvalue weighted by Crippen LogP contribution is 2.30. The number of rotatable bonds is 6. The van der Waals surface area contributed by atoms with Gasteiger partial charge in [-0.1, -0.05) is 24.3 Å². The molecule has 2 heterocycles. The van der Waals surface area contributed by atoms with Gasteiger partial charge < -0.3 is 10.1 Å². The molecule has 1 fully saturated rings. The van der Waals surface area contributed by atoms with Gasteiger partial charge in [-0.15, -0.1) is 11.3 Å². The van der Waals surface area contributed by atoms with Gasteiger partial charge in [0.1, 0.15) is 23.7 Å². The molecule has 1 saturated heterocycles. The van der Waals surface area contributed by atoms with Crippen molar-refractivity contribution in [2.24, 2.45) is 0 Å². The van der Waals surface area contributed by atoms with E-state index in [0.29, 0.717) is 16.2 Å². The standard InChI is InChI=1S/C24H21FN4O5S/c1-24(15-5-9-17(34-2)10-6-15)22(32)29(23(33)26-24)13-20(30)27-28-21(31)19-12-11-18(35-19)14-3-7-16(25)8-4-14/h3-12H,13H2,1-2H3,(H,26,33)(H,27,30)(H,28,31). The molecule has 5 amide bonds. The molecule has 1 atom stereocenters. The van der Waals surface area contributed by atoms with Crippen LogP contribution in [0.25, 0.3) is 10.4 Å². The fraction of sp³-hybridized carbons (Fsp3) is 0.167. The number of nitrogens with zero attached hydrogens (tertiary/aromatic N) is 1. The van der Waals surface area contributed by atoms with E-state index in [1.54, 1.807) is 55.5 Å². The predicted octanol–water partition coefficient (Wildman–Crippen LogP) is 2.79. The number of amides is 5. The molecule has 4 rings (SSSR count). The molecular formula is C24H21FN4O5S. The maximum atomic E-state index is 13.1. The van der Waals surface area contributed by atoms with E-state index in [9.17, 15) is 23.6 Å². The van der Waals surface area contributed by atoms with E-state index in [2.05, 4.69) is 16.2 Å². The summed E-state index contributed by atoms with van der Waals surface area (Å²) in [6.45, 7) is 0.964. The SMILES string of the molecule is COc1ccc(C2(C)NC(=O)N(CC(=O)NNC(=O)c3ccc(-c4ccc(F)cc4)s3)C2=O)cc1. The molecular weight excluding hydrogens is 475 g/mol. The lowest BCUT2D eigenvalue weighted by Gasteiger charge is -2.22. The first-order valence-corrected chi connectivity index (χ1v) is 11.3. The second-order valence-electron chi connectivity index (χ2n) is 7.85. The highest BCUT2D eigenvalue weighted by Gasteiger charge is 2.49. The van der Waals surface area contributed by atoms with Crippen LogP contribution in [-0.2, 0) is 15.1 Å². The zero-order valence-electron chi connectivity index (χ0n) is 18.8. The smallest absolute Gasteiger partial charge is 0.325 e. The number of benzene rings is 2. The van der Waals surface area contributed by atoms with Gasteiger partial charge in [-0.25, -0.2) is 9.18 Å². The molecule has 1 unspecified atom stereocenters. The monoisotopic (exact) mass is 496 g/mol. The summed E-state index contributed by atoms with van der Waals surface area (Å²) in [6, 6.07) is 15.0. The van der Waals surface area contributed by atoms with E-state index >= 15 is 0 Å². The van der Waals surface area contributed by atoms with Crippen LogP contribution in [0.2, 0.25) is 0 Å². The number of nitrogens with one attached hydrogen (secondary N) is 3. The number of urea groups is 1. The summed E-state index contributed by atoms with van der Waals surface area (Å²) in [7, 11) is 1.52. The Balaban J connectivity index is 1.35. The summed E-state index contributed by atoms with van der Waals surface area (Å²) in [5, 5.41) is 2.61. The van der Waals surface area contributed by atoms with Crippen molar-refractivity contribution in [3.05, 3.63) is 76.9 Å². The minimum absolute atomic E-state index is 0.312. The first kappa shape index (κ1) is 23.9. The first-order valence-electron chi connectivity index (χ1n) is 10.4. The summed E-state index contributed by atoms with van der Waals surface area (Å²) in [5.41, 5.74) is 4.42. The van der Waals surface area contributed by atoms with Crippen molar-refractivity contribution in [2.45, 2.75) is 12.5 Å². The zero-order chi connectivity index (χ0) is 25.2. The van der Waals surface area contributed by atoms with E-state index in [4.69, 9.17) is 4.74 Å². The molecule has 0 bridgehead atoms. The average Bonchev–Trinajstić information content (AvgIpc) is 3.43. The number of methoxy groups -OCH3 is 1. The number of hydrogen-bond acceptors (Lipinski definition) is 6. The largest absolute Gasteiger partial charge is 0.497 e. The highest BCUT2D eigenvalue weighted by molar-refractivity contribution is 7.17. The Morgan fingerprint density at radius 2 is 1.71 bits per heavy atom. The molecule has 9 nitrogen and oxygen atoms in total. The van der Waals surface area contributed by atoms with E-state index < -0.39 is 35.8 Å². The summed E-state index contributed by atoms with van der Waals surface area (Å²) in [5.74, 6) is -1.69. The van der Waals surface area contributed by atoms with Crippen molar-refractivity contribution < 1.29 is 28.3 Å². The number of hydrazine groups is 1. The van der Waals surface area contributed by atoms with Crippen LogP contribution in [0, 0.1) is 5.82 Å². The highest BCUT2D eigenvalue weighted by atomic mass is 32.1. The van der Waals surface area contributed by atoms with Gasteiger partial charge in [0.15, 0.2) is 0 Å². The van der Waals surface area contributed by atoms with Gasteiger partial charge in [0, 0.05) is 4.88 Å². The van der Waals surface area contributed by atoms with Gasteiger partial charge in [-0.3, -0.25) is 30.1 Å². The Morgan fingerprint density at radius 3 is 2.37 bits per heavy atom. The Kier molecular flexibility index (Phi) is 6.52. The summed E-state index contributed by atoms with van der Waals surface area (Å²) >= 11 is 1.16. The van der Waals surface area contributed by atoms with Crippen molar-refractivity contribution in [3.8, 4) is 16.2 Å². The van der Waals surface area contributed by atoms with Gasteiger partial charge in [0.25, 0.3) is 17.7 Å². The van der Waals surface area contributed by atoms with Crippen LogP contribution < -0.4 is 20.9 Å². The quantitative estimate of drug-likeness (QED) is 0.359. The van der Waals surface area contributed by atoms with E-state index in [-0.39, 0.29) is 5.82 Å². The van der Waals surface area contributed by atoms with Crippen molar-refractivity contribution in [3.63, 3.8) is 0 Å². The molecule has 3 N–H and O–H groups in total. The molecule has 180 valence electrons. The zero-order valence-corrected chi connectivity index (χ0v) is 19.6. The van der Waals surface area contributed by atoms with Crippen molar-refractivity contribution >= 4 is 35.1 Å². The number of carbonyl (C=O) groups excluding carboxylic acids is 4. The Hall–Kier alpha value is -4.25. The van der Waals surface area contributed by atoms with E-state index in [0.717, 1.165) is 26.7 Å². The van der Waals surface area contributed by atoms with Gasteiger partial charge >= 0.3 is 6.03 Å².